The average Bonchev–Trinajstić information content (AvgIpc) is 3.05. The molecule has 0 unspecified atom stereocenters. The summed E-state index contributed by atoms with van der Waals surface area (Å²) >= 11 is 3.54. The smallest absolute Gasteiger partial charge is 0.226 e. The third kappa shape index (κ3) is 2.73. The highest BCUT2D eigenvalue weighted by atomic mass is 79.9. The lowest BCUT2D eigenvalue weighted by Crippen LogP contribution is -2.25. The van der Waals surface area contributed by atoms with Crippen LogP contribution in [-0.4, -0.2) is 15.5 Å². The van der Waals surface area contributed by atoms with Crippen molar-refractivity contribution < 1.29 is 4.79 Å². The molecule has 2 heterocycles. The number of hydrogen-bond acceptors (Lipinski definition) is 3. The molecule has 5 nitrogen and oxygen atoms in total. The first-order chi connectivity index (χ1) is 12.2. The van der Waals surface area contributed by atoms with Gasteiger partial charge in [0.25, 0.3) is 0 Å². The van der Waals surface area contributed by atoms with Crippen molar-refractivity contribution >= 4 is 27.7 Å². The van der Waals surface area contributed by atoms with Crippen LogP contribution in [0.1, 0.15) is 29.2 Å². The highest BCUT2D eigenvalue weighted by molar-refractivity contribution is 9.10. The van der Waals surface area contributed by atoms with Gasteiger partial charge in [-0.25, -0.2) is 4.98 Å². The molecule has 25 heavy (non-hydrogen) atoms. The fourth-order valence-electron chi connectivity index (χ4n) is 3.10. The Kier molecular flexibility index (Phi) is 3.86. The molecule has 1 amide bonds. The summed E-state index contributed by atoms with van der Waals surface area (Å²) in [6.07, 6.45) is 2.07. The summed E-state index contributed by atoms with van der Waals surface area (Å²) in [5.41, 5.74) is 3.33. The van der Waals surface area contributed by atoms with Gasteiger partial charge < -0.3 is 5.32 Å². The minimum atomic E-state index is -0.125. The van der Waals surface area contributed by atoms with Gasteiger partial charge in [0, 0.05) is 16.8 Å². The Labute approximate surface area is 153 Å². The van der Waals surface area contributed by atoms with E-state index in [0.717, 1.165) is 21.4 Å². The average molecular weight is 393 g/mol. The van der Waals surface area contributed by atoms with Gasteiger partial charge in [-0.2, -0.15) is 5.26 Å². The molecule has 1 aliphatic heterocycles. The maximum atomic E-state index is 12.3. The van der Waals surface area contributed by atoms with Crippen molar-refractivity contribution in [3.05, 3.63) is 76.2 Å². The van der Waals surface area contributed by atoms with Crippen molar-refractivity contribution in [2.45, 2.75) is 12.3 Å². The molecule has 1 aromatic heterocycles. The Morgan fingerprint density at radius 3 is 2.68 bits per heavy atom. The van der Waals surface area contributed by atoms with Crippen molar-refractivity contribution in [1.29, 1.82) is 5.26 Å². The summed E-state index contributed by atoms with van der Waals surface area (Å²) in [5, 5.41) is 11.9. The lowest BCUT2D eigenvalue weighted by molar-refractivity contribution is -0.116. The predicted octanol–water partition coefficient (Wildman–Crippen LogP) is 3.98. The number of nitrogens with zero attached hydrogens (tertiary/aromatic N) is 3. The van der Waals surface area contributed by atoms with Crippen LogP contribution in [0, 0.1) is 11.3 Å². The summed E-state index contributed by atoms with van der Waals surface area (Å²) in [6.45, 7) is 0. The number of para-hydroxylation sites is 1. The zero-order valence-corrected chi connectivity index (χ0v) is 14.7. The molecule has 1 atom stereocenters. The molecule has 1 aliphatic rings. The van der Waals surface area contributed by atoms with E-state index in [2.05, 4.69) is 32.3 Å². The van der Waals surface area contributed by atoms with Gasteiger partial charge in [-0.1, -0.05) is 24.3 Å². The van der Waals surface area contributed by atoms with Gasteiger partial charge in [0.2, 0.25) is 5.91 Å². The topological polar surface area (TPSA) is 70.7 Å². The van der Waals surface area contributed by atoms with Crippen LogP contribution >= 0.6 is 15.9 Å². The zero-order valence-electron chi connectivity index (χ0n) is 13.1. The molecule has 3 aromatic rings. The SMILES string of the molecule is N#Cc1ccc([C@@H]2CC(=O)Nc3c2ncn3-c2ccccc2Br)cc1. The molecule has 1 N–H and O–H groups in total. The highest BCUT2D eigenvalue weighted by Gasteiger charge is 2.31. The second kappa shape index (κ2) is 6.19. The number of fused-ring (bicyclic) bond motifs is 1. The summed E-state index contributed by atoms with van der Waals surface area (Å²) in [6, 6.07) is 17.2. The van der Waals surface area contributed by atoms with Gasteiger partial charge in [-0.3, -0.25) is 9.36 Å². The van der Waals surface area contributed by atoms with E-state index in [0.29, 0.717) is 17.8 Å². The summed E-state index contributed by atoms with van der Waals surface area (Å²) in [5.74, 6) is 0.522. The number of hydrogen-bond donors (Lipinski definition) is 1. The van der Waals surface area contributed by atoms with Gasteiger partial charge in [-0.15, -0.1) is 0 Å². The Balaban J connectivity index is 1.81. The Morgan fingerprint density at radius 1 is 1.20 bits per heavy atom. The van der Waals surface area contributed by atoms with Crippen molar-refractivity contribution in [2.24, 2.45) is 0 Å². The number of amides is 1. The van der Waals surface area contributed by atoms with Crippen LogP contribution in [0.5, 0.6) is 0 Å². The Bertz CT molecular complexity index is 1000. The van der Waals surface area contributed by atoms with Crippen molar-refractivity contribution in [2.75, 3.05) is 5.32 Å². The van der Waals surface area contributed by atoms with Gasteiger partial charge >= 0.3 is 0 Å². The Morgan fingerprint density at radius 2 is 1.96 bits per heavy atom. The van der Waals surface area contributed by atoms with Gasteiger partial charge in [0.15, 0.2) is 0 Å². The number of benzene rings is 2. The molecule has 6 heteroatoms. The van der Waals surface area contributed by atoms with Crippen molar-refractivity contribution in [3.63, 3.8) is 0 Å². The second-order valence-corrected chi connectivity index (χ2v) is 6.69. The number of nitriles is 1. The van der Waals surface area contributed by atoms with Crippen LogP contribution in [0.15, 0.2) is 59.3 Å². The van der Waals surface area contributed by atoms with E-state index in [1.165, 1.54) is 0 Å². The minimum Gasteiger partial charge on any atom is -0.310 e. The van der Waals surface area contributed by atoms with E-state index in [9.17, 15) is 4.79 Å². The summed E-state index contributed by atoms with van der Waals surface area (Å²) < 4.78 is 2.80. The number of nitrogens with one attached hydrogen (secondary N) is 1. The normalized spacial score (nSPS) is 16.0. The first kappa shape index (κ1) is 15.6. The monoisotopic (exact) mass is 392 g/mol. The lowest BCUT2D eigenvalue weighted by atomic mass is 9.89. The molecule has 2 aromatic carbocycles. The number of carbonyl (C=O) groups is 1. The summed E-state index contributed by atoms with van der Waals surface area (Å²) in [4.78, 5) is 16.9. The maximum Gasteiger partial charge on any atom is 0.226 e. The molecule has 0 radical (unpaired) electrons. The van der Waals surface area contributed by atoms with E-state index in [-0.39, 0.29) is 11.8 Å². The van der Waals surface area contributed by atoms with Crippen LogP contribution in [0.25, 0.3) is 5.69 Å². The zero-order chi connectivity index (χ0) is 17.4. The van der Waals surface area contributed by atoms with Crippen LogP contribution in [0.4, 0.5) is 5.82 Å². The molecule has 0 saturated heterocycles. The van der Waals surface area contributed by atoms with Crippen molar-refractivity contribution in [3.8, 4) is 11.8 Å². The summed E-state index contributed by atoms with van der Waals surface area (Å²) in [7, 11) is 0. The third-order valence-corrected chi connectivity index (χ3v) is 5.00. The van der Waals surface area contributed by atoms with E-state index >= 15 is 0 Å². The molecular formula is C19H13BrN4O. The number of halogens is 1. The maximum absolute atomic E-state index is 12.3. The van der Waals surface area contributed by atoms with E-state index < -0.39 is 0 Å². The second-order valence-electron chi connectivity index (χ2n) is 5.84. The van der Waals surface area contributed by atoms with E-state index in [4.69, 9.17) is 5.26 Å². The molecule has 122 valence electrons. The van der Waals surface area contributed by atoms with Gasteiger partial charge in [0.05, 0.1) is 23.0 Å². The standard InChI is InChI=1S/C19H13BrN4O/c20-15-3-1-2-4-16(15)24-11-22-18-14(9-17(25)23-19(18)24)13-7-5-12(10-21)6-8-13/h1-8,11,14H,9H2,(H,23,25)/t14-/m0/s1. The van der Waals surface area contributed by atoms with Crippen molar-refractivity contribution in [1.82, 2.24) is 9.55 Å². The molecule has 4 rings (SSSR count). The van der Waals surface area contributed by atoms with Gasteiger partial charge in [0.1, 0.15) is 12.1 Å². The van der Waals surface area contributed by atoms with Crippen LogP contribution in [-0.2, 0) is 4.79 Å². The number of imidazole rings is 1. The first-order valence-corrected chi connectivity index (χ1v) is 8.58. The quantitative estimate of drug-likeness (QED) is 0.716. The van der Waals surface area contributed by atoms with Crippen LogP contribution < -0.4 is 5.32 Å². The Hall–Kier alpha value is -2.91. The number of anilines is 1. The van der Waals surface area contributed by atoms with Gasteiger partial charge in [-0.05, 0) is 45.8 Å². The highest BCUT2D eigenvalue weighted by Crippen LogP contribution is 2.38. The predicted molar refractivity (Wildman–Crippen MR) is 97.5 cm³/mol. The molecule has 0 fully saturated rings. The van der Waals surface area contributed by atoms with Crippen LogP contribution in [0.2, 0.25) is 0 Å². The minimum absolute atomic E-state index is 0.0457. The number of rotatable bonds is 2. The lowest BCUT2D eigenvalue weighted by Gasteiger charge is -2.23. The van der Waals surface area contributed by atoms with E-state index in [1.807, 2.05) is 41.0 Å². The molecular weight excluding hydrogens is 380 g/mol. The molecule has 0 aliphatic carbocycles. The number of carbonyl (C=O) groups excluding carboxylic acids is 1. The number of aromatic nitrogens is 2. The molecule has 0 bridgehead atoms. The molecule has 0 saturated carbocycles. The van der Waals surface area contributed by atoms with E-state index in [1.54, 1.807) is 18.5 Å². The fourth-order valence-corrected chi connectivity index (χ4v) is 3.58. The molecule has 0 spiro atoms. The van der Waals surface area contributed by atoms with Crippen LogP contribution in [0.3, 0.4) is 0 Å². The first-order valence-electron chi connectivity index (χ1n) is 7.79. The fraction of sp³-hybridized carbons (Fsp3) is 0.105. The largest absolute Gasteiger partial charge is 0.310 e. The third-order valence-electron chi connectivity index (χ3n) is 4.33.